The second-order valence-corrected chi connectivity index (χ2v) is 12.4. The summed E-state index contributed by atoms with van der Waals surface area (Å²) in [6.07, 6.45) is 4.75. The molecule has 3 heterocycles. The maximum absolute atomic E-state index is 14.1. The highest BCUT2D eigenvalue weighted by atomic mass is 35.5. The maximum Gasteiger partial charge on any atom is 0.264 e. The Morgan fingerprint density at radius 1 is 0.909 bits per heavy atom. The van der Waals surface area contributed by atoms with Crippen molar-refractivity contribution < 1.29 is 14.4 Å². The minimum absolute atomic E-state index is 0.0212. The van der Waals surface area contributed by atoms with Crippen molar-refractivity contribution in [3.05, 3.63) is 105 Å². The first-order valence-corrected chi connectivity index (χ1v) is 15.3. The molecule has 11 heteroatoms. The van der Waals surface area contributed by atoms with Crippen LogP contribution in [-0.4, -0.2) is 52.1 Å². The highest BCUT2D eigenvalue weighted by molar-refractivity contribution is 6.31. The predicted molar refractivity (Wildman–Crippen MR) is 168 cm³/mol. The highest BCUT2D eigenvalue weighted by Crippen LogP contribution is 2.45. The van der Waals surface area contributed by atoms with E-state index in [0.29, 0.717) is 15.7 Å². The lowest BCUT2D eigenvalue weighted by atomic mass is 9.77. The van der Waals surface area contributed by atoms with Gasteiger partial charge in [0.1, 0.15) is 6.54 Å². The zero-order valence-electron chi connectivity index (χ0n) is 23.8. The van der Waals surface area contributed by atoms with Gasteiger partial charge in [-0.25, -0.2) is 9.91 Å². The Morgan fingerprint density at radius 2 is 1.59 bits per heavy atom. The van der Waals surface area contributed by atoms with Gasteiger partial charge in [0.2, 0.25) is 0 Å². The Balaban J connectivity index is 1.18. The molecule has 0 aromatic heterocycles. The van der Waals surface area contributed by atoms with E-state index < -0.39 is 23.9 Å². The zero-order chi connectivity index (χ0) is 30.5. The molecule has 0 radical (unpaired) electrons. The van der Waals surface area contributed by atoms with E-state index >= 15 is 0 Å². The number of nitrogens with zero attached hydrogens (tertiary/aromatic N) is 6. The first-order chi connectivity index (χ1) is 21.3. The summed E-state index contributed by atoms with van der Waals surface area (Å²) in [5.41, 5.74) is 5.35. The number of fused-ring (bicyclic) bond motifs is 2. The largest absolute Gasteiger partial charge is 0.271 e. The molecule has 1 aliphatic carbocycles. The molecule has 3 amide bonds. The molecule has 4 unspecified atom stereocenters. The van der Waals surface area contributed by atoms with Crippen molar-refractivity contribution in [3.63, 3.8) is 0 Å². The number of hydrogen-bond acceptors (Lipinski definition) is 7. The molecule has 4 aliphatic rings. The van der Waals surface area contributed by atoms with Crippen LogP contribution >= 0.6 is 23.2 Å². The van der Waals surface area contributed by atoms with E-state index in [-0.39, 0.29) is 24.4 Å². The van der Waals surface area contributed by atoms with E-state index in [9.17, 15) is 14.4 Å². The van der Waals surface area contributed by atoms with Crippen LogP contribution in [0.5, 0.6) is 0 Å². The Morgan fingerprint density at radius 3 is 2.30 bits per heavy atom. The summed E-state index contributed by atoms with van der Waals surface area (Å²) in [7, 11) is 0. The summed E-state index contributed by atoms with van der Waals surface area (Å²) < 4.78 is 0. The fourth-order valence-electron chi connectivity index (χ4n) is 6.47. The number of carbonyl (C=O) groups excluding carboxylic acids is 3. The molecule has 0 spiro atoms. The van der Waals surface area contributed by atoms with E-state index in [2.05, 4.69) is 16.4 Å². The summed E-state index contributed by atoms with van der Waals surface area (Å²) in [5, 5.41) is 17.3. The minimum atomic E-state index is -0.995. The number of carbonyl (C=O) groups is 3. The van der Waals surface area contributed by atoms with Crippen LogP contribution in [0, 0.1) is 12.8 Å². The van der Waals surface area contributed by atoms with Crippen LogP contribution in [0.1, 0.15) is 42.0 Å². The third-order valence-corrected chi connectivity index (χ3v) is 9.13. The Kier molecular flexibility index (Phi) is 7.30. The smallest absolute Gasteiger partial charge is 0.264 e. The molecule has 3 aromatic carbocycles. The number of hydrazone groups is 1. The standard InChI is InChI=1S/C33H28Cl2N6O3/c1-19-5-15-25(16-6-19)40-32(43)29-31(33(40)44)39(38-36-29)18-27(42)41-30(21-9-13-24(35)14-10-21)26-4-2-3-22(28(26)37-41)17-20-7-11-23(34)12-8-20/h5-17,26,29-31H,2-4,18H2,1H3. The number of amides is 3. The van der Waals surface area contributed by atoms with Crippen LogP contribution in [-0.2, 0) is 14.4 Å². The van der Waals surface area contributed by atoms with Gasteiger partial charge in [-0.2, -0.15) is 10.2 Å². The lowest BCUT2D eigenvalue weighted by Gasteiger charge is -2.30. The molecule has 0 bridgehead atoms. The first kappa shape index (κ1) is 28.4. The molecule has 0 N–H and O–H groups in total. The van der Waals surface area contributed by atoms with Crippen molar-refractivity contribution in [3.8, 4) is 0 Å². The third kappa shape index (κ3) is 5.00. The van der Waals surface area contributed by atoms with Gasteiger partial charge < -0.3 is 0 Å². The van der Waals surface area contributed by atoms with E-state index in [4.69, 9.17) is 28.3 Å². The van der Waals surface area contributed by atoms with Gasteiger partial charge in [-0.3, -0.25) is 19.4 Å². The monoisotopic (exact) mass is 626 g/mol. The number of imide groups is 1. The van der Waals surface area contributed by atoms with Crippen molar-refractivity contribution in [2.45, 2.75) is 44.3 Å². The van der Waals surface area contributed by atoms with Gasteiger partial charge in [-0.05, 0) is 85.4 Å². The summed E-state index contributed by atoms with van der Waals surface area (Å²) in [4.78, 5) is 41.9. The number of anilines is 1. The number of benzene rings is 3. The topological polar surface area (TPSA) is 98.0 Å². The Bertz CT molecular complexity index is 1740. The lowest BCUT2D eigenvalue weighted by Crippen LogP contribution is -2.45. The number of rotatable bonds is 5. The lowest BCUT2D eigenvalue weighted by molar-refractivity contribution is -0.136. The van der Waals surface area contributed by atoms with Crippen molar-refractivity contribution in [2.75, 3.05) is 11.4 Å². The predicted octanol–water partition coefficient (Wildman–Crippen LogP) is 6.42. The number of allylic oxidation sites excluding steroid dienone is 1. The van der Waals surface area contributed by atoms with Crippen LogP contribution in [0.2, 0.25) is 10.0 Å². The summed E-state index contributed by atoms with van der Waals surface area (Å²) in [5.74, 6) is -1.27. The second-order valence-electron chi connectivity index (χ2n) is 11.5. The molecule has 4 atom stereocenters. The molecule has 3 aliphatic heterocycles. The minimum Gasteiger partial charge on any atom is -0.271 e. The maximum atomic E-state index is 14.1. The number of aryl methyl sites for hydroxylation is 1. The molecule has 7 rings (SSSR count). The average molecular weight is 628 g/mol. The van der Waals surface area contributed by atoms with Gasteiger partial charge in [0.25, 0.3) is 17.7 Å². The Hall–Kier alpha value is -4.34. The van der Waals surface area contributed by atoms with Gasteiger partial charge in [-0.1, -0.05) is 70.4 Å². The number of hydrogen-bond donors (Lipinski definition) is 0. The Labute approximate surface area is 264 Å². The van der Waals surface area contributed by atoms with Crippen LogP contribution < -0.4 is 4.90 Å². The second kappa shape index (κ2) is 11.3. The van der Waals surface area contributed by atoms with E-state index in [1.54, 1.807) is 12.1 Å². The third-order valence-electron chi connectivity index (χ3n) is 8.63. The first-order valence-electron chi connectivity index (χ1n) is 14.5. The molecule has 2 fully saturated rings. The molecular weight excluding hydrogens is 599 g/mol. The molecule has 44 heavy (non-hydrogen) atoms. The van der Waals surface area contributed by atoms with Gasteiger partial charge in [0.15, 0.2) is 12.1 Å². The van der Waals surface area contributed by atoms with Gasteiger partial charge in [-0.15, -0.1) is 0 Å². The fourth-order valence-corrected chi connectivity index (χ4v) is 6.73. The molecule has 222 valence electrons. The van der Waals surface area contributed by atoms with Crippen LogP contribution in [0.3, 0.4) is 0 Å². The summed E-state index contributed by atoms with van der Waals surface area (Å²) in [6, 6.07) is 19.9. The fraction of sp³-hybridized carbons (Fsp3) is 0.273. The van der Waals surface area contributed by atoms with E-state index in [0.717, 1.165) is 52.1 Å². The van der Waals surface area contributed by atoms with Crippen molar-refractivity contribution >= 4 is 58.4 Å². The quantitative estimate of drug-likeness (QED) is 0.305. The van der Waals surface area contributed by atoms with Crippen LogP contribution in [0.15, 0.2) is 93.8 Å². The van der Waals surface area contributed by atoms with Crippen LogP contribution in [0.4, 0.5) is 5.69 Å². The SMILES string of the molecule is Cc1ccc(N2C(=O)C3N=NN(CC(=O)N4N=C5C(=Cc6ccc(Cl)cc6)CCCC5C4c4ccc(Cl)cc4)C3C2=O)cc1. The van der Waals surface area contributed by atoms with Gasteiger partial charge in [0, 0.05) is 16.0 Å². The normalized spacial score (nSPS) is 25.1. The zero-order valence-corrected chi connectivity index (χ0v) is 25.3. The van der Waals surface area contributed by atoms with E-state index in [1.165, 1.54) is 10.0 Å². The van der Waals surface area contributed by atoms with Gasteiger partial charge in [0.05, 0.1) is 17.4 Å². The van der Waals surface area contributed by atoms with Crippen LogP contribution in [0.25, 0.3) is 6.08 Å². The summed E-state index contributed by atoms with van der Waals surface area (Å²) >= 11 is 12.3. The van der Waals surface area contributed by atoms with E-state index in [1.807, 2.05) is 67.6 Å². The molecule has 1 saturated heterocycles. The molecule has 9 nitrogen and oxygen atoms in total. The molecule has 3 aromatic rings. The van der Waals surface area contributed by atoms with Gasteiger partial charge >= 0.3 is 0 Å². The van der Waals surface area contributed by atoms with Crippen molar-refractivity contribution in [2.24, 2.45) is 21.4 Å². The molecular formula is C33H28Cl2N6O3. The number of halogens is 2. The average Bonchev–Trinajstić information content (AvgIpc) is 3.69. The summed E-state index contributed by atoms with van der Waals surface area (Å²) in [6.45, 7) is 1.68. The highest BCUT2D eigenvalue weighted by Gasteiger charge is 2.55. The van der Waals surface area contributed by atoms with Crippen molar-refractivity contribution in [1.82, 2.24) is 10.0 Å². The van der Waals surface area contributed by atoms with Crippen molar-refractivity contribution in [1.29, 1.82) is 0 Å². The molecule has 1 saturated carbocycles.